The fourth-order valence-corrected chi connectivity index (χ4v) is 1.48. The molecule has 1 aromatic rings. The minimum absolute atomic E-state index is 0.468. The van der Waals surface area contributed by atoms with Crippen LogP contribution in [0.5, 0.6) is 0 Å². The zero-order chi connectivity index (χ0) is 11.4. The Morgan fingerprint density at radius 2 is 1.87 bits per heavy atom. The van der Waals surface area contributed by atoms with Crippen LogP contribution in [0.3, 0.4) is 0 Å². The number of nitrogens with two attached hydrogens (primary N) is 1. The summed E-state index contributed by atoms with van der Waals surface area (Å²) in [6.07, 6.45) is -1.39. The normalized spacial score (nSPS) is 14.9. The van der Waals surface area contributed by atoms with Crippen molar-refractivity contribution < 1.29 is 9.18 Å². The third-order valence-electron chi connectivity index (χ3n) is 2.24. The summed E-state index contributed by atoms with van der Waals surface area (Å²) in [4.78, 5) is 12.6. The predicted molar refractivity (Wildman–Crippen MR) is 57.0 cm³/mol. The number of likely N-dealkylation sites (N-methyl/N-ethyl adjacent to an activating group) is 1. The van der Waals surface area contributed by atoms with E-state index >= 15 is 0 Å². The standard InChI is InChI=1S/C11H15FN2O/c1-14(2)10(11(13)15)9(12)8-6-4-3-5-7-8/h3-7,9-10H,1-2H3,(H2,13,15)/t9?,10-/m0/s1. The number of carbonyl (C=O) groups is 1. The molecule has 0 heterocycles. The first-order valence-electron chi connectivity index (χ1n) is 4.69. The maximum atomic E-state index is 14.0. The van der Waals surface area contributed by atoms with Crippen molar-refractivity contribution in [3.8, 4) is 0 Å². The van der Waals surface area contributed by atoms with Crippen molar-refractivity contribution in [3.63, 3.8) is 0 Å². The minimum atomic E-state index is -1.39. The number of amides is 1. The van der Waals surface area contributed by atoms with Gasteiger partial charge in [0, 0.05) is 0 Å². The summed E-state index contributed by atoms with van der Waals surface area (Å²) < 4.78 is 14.0. The Balaban J connectivity index is 2.91. The van der Waals surface area contributed by atoms with Gasteiger partial charge in [-0.05, 0) is 19.7 Å². The van der Waals surface area contributed by atoms with Gasteiger partial charge >= 0.3 is 0 Å². The number of halogens is 1. The van der Waals surface area contributed by atoms with Gasteiger partial charge in [0.05, 0.1) is 0 Å². The monoisotopic (exact) mass is 210 g/mol. The molecule has 1 rings (SSSR count). The highest BCUT2D eigenvalue weighted by Gasteiger charge is 2.29. The molecule has 1 unspecified atom stereocenters. The molecule has 4 heteroatoms. The van der Waals surface area contributed by atoms with Crippen LogP contribution < -0.4 is 5.73 Å². The van der Waals surface area contributed by atoms with Crippen molar-refractivity contribution in [1.82, 2.24) is 4.90 Å². The average molecular weight is 210 g/mol. The van der Waals surface area contributed by atoms with E-state index in [0.717, 1.165) is 0 Å². The van der Waals surface area contributed by atoms with Gasteiger partial charge in [0.2, 0.25) is 5.91 Å². The second-order valence-electron chi connectivity index (χ2n) is 3.62. The molecule has 0 bridgehead atoms. The largest absolute Gasteiger partial charge is 0.368 e. The van der Waals surface area contributed by atoms with E-state index in [1.165, 1.54) is 4.90 Å². The van der Waals surface area contributed by atoms with Crippen LogP contribution in [0.15, 0.2) is 30.3 Å². The number of primary amides is 1. The number of hydrogen-bond donors (Lipinski definition) is 1. The lowest BCUT2D eigenvalue weighted by Crippen LogP contribution is -2.43. The highest BCUT2D eigenvalue weighted by atomic mass is 19.1. The Morgan fingerprint density at radius 3 is 2.27 bits per heavy atom. The molecule has 0 aliphatic carbocycles. The van der Waals surface area contributed by atoms with Gasteiger partial charge in [0.25, 0.3) is 0 Å². The molecule has 0 radical (unpaired) electrons. The van der Waals surface area contributed by atoms with Crippen LogP contribution in [0.2, 0.25) is 0 Å². The van der Waals surface area contributed by atoms with Crippen LogP contribution in [0.4, 0.5) is 4.39 Å². The molecule has 0 fully saturated rings. The lowest BCUT2D eigenvalue weighted by Gasteiger charge is -2.24. The average Bonchev–Trinajstić information content (AvgIpc) is 2.18. The maximum Gasteiger partial charge on any atom is 0.238 e. The molecular formula is C11H15FN2O. The lowest BCUT2D eigenvalue weighted by molar-refractivity contribution is -0.124. The molecule has 15 heavy (non-hydrogen) atoms. The molecule has 3 nitrogen and oxygen atoms in total. The second-order valence-corrected chi connectivity index (χ2v) is 3.62. The fraction of sp³-hybridized carbons (Fsp3) is 0.364. The van der Waals surface area contributed by atoms with Crippen LogP contribution in [0, 0.1) is 0 Å². The van der Waals surface area contributed by atoms with E-state index in [9.17, 15) is 9.18 Å². The summed E-state index contributed by atoms with van der Waals surface area (Å²) in [7, 11) is 3.26. The number of rotatable bonds is 4. The summed E-state index contributed by atoms with van der Waals surface area (Å²) in [6, 6.07) is 7.62. The Labute approximate surface area is 88.7 Å². The number of benzene rings is 1. The zero-order valence-corrected chi connectivity index (χ0v) is 8.85. The molecule has 0 aliphatic rings. The van der Waals surface area contributed by atoms with Crippen molar-refractivity contribution in [2.45, 2.75) is 12.2 Å². The maximum absolute atomic E-state index is 14.0. The molecule has 0 saturated carbocycles. The predicted octanol–water partition coefficient (Wildman–Crippen LogP) is 1.11. The van der Waals surface area contributed by atoms with E-state index in [2.05, 4.69) is 0 Å². The first-order chi connectivity index (χ1) is 7.04. The number of hydrogen-bond acceptors (Lipinski definition) is 2. The SMILES string of the molecule is CN(C)[C@H](C(N)=O)C(F)c1ccccc1. The van der Waals surface area contributed by atoms with E-state index in [-0.39, 0.29) is 0 Å². The highest BCUT2D eigenvalue weighted by Crippen LogP contribution is 2.23. The van der Waals surface area contributed by atoms with Crippen LogP contribution in [0.1, 0.15) is 11.7 Å². The van der Waals surface area contributed by atoms with Crippen molar-refractivity contribution >= 4 is 5.91 Å². The Morgan fingerprint density at radius 1 is 1.33 bits per heavy atom. The first kappa shape index (κ1) is 11.7. The van der Waals surface area contributed by atoms with Crippen molar-refractivity contribution in [3.05, 3.63) is 35.9 Å². The summed E-state index contributed by atoms with van der Waals surface area (Å²) in [5.74, 6) is -0.656. The second kappa shape index (κ2) is 4.89. The number of carbonyl (C=O) groups excluding carboxylic acids is 1. The summed E-state index contributed by atoms with van der Waals surface area (Å²) in [6.45, 7) is 0. The minimum Gasteiger partial charge on any atom is -0.368 e. The van der Waals surface area contributed by atoms with Gasteiger partial charge in [-0.3, -0.25) is 9.69 Å². The van der Waals surface area contributed by atoms with E-state index in [0.29, 0.717) is 5.56 Å². The van der Waals surface area contributed by atoms with Crippen LogP contribution in [0.25, 0.3) is 0 Å². The van der Waals surface area contributed by atoms with Crippen LogP contribution in [-0.2, 0) is 4.79 Å². The van der Waals surface area contributed by atoms with Gasteiger partial charge in [0.15, 0.2) is 0 Å². The molecule has 0 saturated heterocycles. The van der Waals surface area contributed by atoms with Crippen molar-refractivity contribution in [2.75, 3.05) is 14.1 Å². The Kier molecular flexibility index (Phi) is 3.80. The van der Waals surface area contributed by atoms with Gasteiger partial charge in [-0.2, -0.15) is 0 Å². The zero-order valence-electron chi connectivity index (χ0n) is 8.85. The van der Waals surface area contributed by atoms with E-state index < -0.39 is 18.1 Å². The van der Waals surface area contributed by atoms with E-state index in [1.807, 2.05) is 0 Å². The lowest BCUT2D eigenvalue weighted by atomic mass is 10.0. The van der Waals surface area contributed by atoms with Crippen molar-refractivity contribution in [2.24, 2.45) is 5.73 Å². The van der Waals surface area contributed by atoms with Gasteiger partial charge in [-0.25, -0.2) is 4.39 Å². The van der Waals surface area contributed by atoms with Crippen molar-refractivity contribution in [1.29, 1.82) is 0 Å². The molecule has 0 aliphatic heterocycles. The molecule has 2 atom stereocenters. The summed E-state index contributed by atoms with van der Waals surface area (Å²) >= 11 is 0. The molecule has 82 valence electrons. The number of nitrogens with zero attached hydrogens (tertiary/aromatic N) is 1. The smallest absolute Gasteiger partial charge is 0.238 e. The van der Waals surface area contributed by atoms with E-state index in [4.69, 9.17) is 5.73 Å². The van der Waals surface area contributed by atoms with Gasteiger partial charge in [-0.15, -0.1) is 0 Å². The van der Waals surface area contributed by atoms with Gasteiger partial charge < -0.3 is 5.73 Å². The molecule has 1 amide bonds. The first-order valence-corrected chi connectivity index (χ1v) is 4.69. The third-order valence-corrected chi connectivity index (χ3v) is 2.24. The van der Waals surface area contributed by atoms with Crippen LogP contribution in [-0.4, -0.2) is 30.9 Å². The molecule has 1 aromatic carbocycles. The molecule has 2 N–H and O–H groups in total. The van der Waals surface area contributed by atoms with E-state index in [1.54, 1.807) is 44.4 Å². The quantitative estimate of drug-likeness (QED) is 0.809. The summed E-state index contributed by atoms with van der Waals surface area (Å²) in [5.41, 5.74) is 5.62. The summed E-state index contributed by atoms with van der Waals surface area (Å²) in [5, 5.41) is 0. The van der Waals surface area contributed by atoms with Crippen LogP contribution >= 0.6 is 0 Å². The molecule has 0 aromatic heterocycles. The Bertz CT molecular complexity index is 327. The topological polar surface area (TPSA) is 46.3 Å². The third kappa shape index (κ3) is 2.76. The number of alkyl halides is 1. The molecular weight excluding hydrogens is 195 g/mol. The van der Waals surface area contributed by atoms with Gasteiger partial charge in [-0.1, -0.05) is 30.3 Å². The van der Waals surface area contributed by atoms with Gasteiger partial charge in [0.1, 0.15) is 12.2 Å². The highest BCUT2D eigenvalue weighted by molar-refractivity contribution is 5.80. The molecule has 0 spiro atoms. The Hall–Kier alpha value is -1.42. The fourth-order valence-electron chi connectivity index (χ4n) is 1.48.